The maximum absolute atomic E-state index is 11.3. The van der Waals surface area contributed by atoms with Gasteiger partial charge in [0, 0.05) is 19.6 Å². The number of rotatable bonds is 9. The number of carbonyl (C=O) groups is 3. The van der Waals surface area contributed by atoms with Crippen LogP contribution in [0.5, 0.6) is 0 Å². The maximum atomic E-state index is 11.3. The fourth-order valence-electron chi connectivity index (χ4n) is 1.12. The van der Waals surface area contributed by atoms with Crippen molar-refractivity contribution in [2.75, 3.05) is 13.2 Å². The van der Waals surface area contributed by atoms with Crippen LogP contribution in [0.2, 0.25) is 0 Å². The Hall–Kier alpha value is -1.63. The molecule has 0 unspecified atom stereocenters. The lowest BCUT2D eigenvalue weighted by atomic mass is 10.2. The van der Waals surface area contributed by atoms with Gasteiger partial charge in [0.2, 0.25) is 5.91 Å². The van der Waals surface area contributed by atoms with E-state index in [4.69, 9.17) is 14.9 Å². The van der Waals surface area contributed by atoms with Gasteiger partial charge in [0.1, 0.15) is 6.04 Å². The SMILES string of the molecule is CCOCCCC(=O)N[C@@H](CC(=O)O)C(=O)O. The number of hydrogen-bond donors (Lipinski definition) is 3. The zero-order valence-electron chi connectivity index (χ0n) is 9.64. The van der Waals surface area contributed by atoms with Crippen LogP contribution in [0, 0.1) is 0 Å². The number of carboxylic acids is 2. The first-order chi connectivity index (χ1) is 7.97. The number of carbonyl (C=O) groups excluding carboxylic acids is 1. The zero-order chi connectivity index (χ0) is 13.3. The number of carboxylic acid groups (broad SMARTS) is 2. The van der Waals surface area contributed by atoms with Crippen molar-refractivity contribution in [2.24, 2.45) is 0 Å². The molecule has 7 nitrogen and oxygen atoms in total. The van der Waals surface area contributed by atoms with Crippen molar-refractivity contribution in [1.29, 1.82) is 0 Å². The van der Waals surface area contributed by atoms with Crippen molar-refractivity contribution in [2.45, 2.75) is 32.2 Å². The van der Waals surface area contributed by atoms with Crippen molar-refractivity contribution in [3.63, 3.8) is 0 Å². The predicted molar refractivity (Wildman–Crippen MR) is 57.5 cm³/mol. The number of nitrogens with one attached hydrogen (secondary N) is 1. The van der Waals surface area contributed by atoms with Crippen LogP contribution in [0.25, 0.3) is 0 Å². The van der Waals surface area contributed by atoms with Gasteiger partial charge in [-0.15, -0.1) is 0 Å². The molecule has 98 valence electrons. The summed E-state index contributed by atoms with van der Waals surface area (Å²) < 4.78 is 5.01. The second-order valence-electron chi connectivity index (χ2n) is 3.36. The first kappa shape index (κ1) is 15.4. The van der Waals surface area contributed by atoms with E-state index in [1.807, 2.05) is 6.92 Å². The molecule has 1 amide bonds. The minimum absolute atomic E-state index is 0.114. The van der Waals surface area contributed by atoms with Gasteiger partial charge in [-0.05, 0) is 13.3 Å². The Kier molecular flexibility index (Phi) is 7.70. The van der Waals surface area contributed by atoms with Gasteiger partial charge in [0.15, 0.2) is 0 Å². The standard InChI is InChI=1S/C10H17NO6/c1-2-17-5-3-4-8(12)11-7(10(15)16)6-9(13)14/h7H,2-6H2,1H3,(H,11,12)(H,13,14)(H,15,16)/t7-/m0/s1. The fraction of sp³-hybridized carbons (Fsp3) is 0.700. The molecule has 0 aromatic rings. The highest BCUT2D eigenvalue weighted by atomic mass is 16.5. The minimum Gasteiger partial charge on any atom is -0.481 e. The Labute approximate surface area is 98.8 Å². The molecular formula is C10H17NO6. The van der Waals surface area contributed by atoms with Crippen molar-refractivity contribution < 1.29 is 29.3 Å². The number of amides is 1. The third kappa shape index (κ3) is 8.21. The molecule has 0 saturated heterocycles. The molecule has 17 heavy (non-hydrogen) atoms. The van der Waals surface area contributed by atoms with Crippen LogP contribution >= 0.6 is 0 Å². The molecule has 0 radical (unpaired) electrons. The molecular weight excluding hydrogens is 230 g/mol. The van der Waals surface area contributed by atoms with Gasteiger partial charge in [-0.25, -0.2) is 4.79 Å². The Morgan fingerprint density at radius 1 is 1.29 bits per heavy atom. The van der Waals surface area contributed by atoms with Crippen molar-refractivity contribution in [1.82, 2.24) is 5.32 Å². The van der Waals surface area contributed by atoms with Crippen LogP contribution in [-0.4, -0.2) is 47.3 Å². The lowest BCUT2D eigenvalue weighted by Gasteiger charge is -2.12. The third-order valence-corrected chi connectivity index (χ3v) is 1.91. The van der Waals surface area contributed by atoms with E-state index in [9.17, 15) is 14.4 Å². The first-order valence-corrected chi connectivity index (χ1v) is 5.29. The molecule has 0 fully saturated rings. The Morgan fingerprint density at radius 3 is 2.41 bits per heavy atom. The lowest BCUT2D eigenvalue weighted by molar-refractivity contribution is -0.147. The van der Waals surface area contributed by atoms with Gasteiger partial charge in [-0.3, -0.25) is 9.59 Å². The quantitative estimate of drug-likeness (QED) is 0.488. The second-order valence-corrected chi connectivity index (χ2v) is 3.36. The molecule has 0 rings (SSSR count). The van der Waals surface area contributed by atoms with E-state index in [1.54, 1.807) is 0 Å². The second kappa shape index (κ2) is 8.51. The summed E-state index contributed by atoms with van der Waals surface area (Å²) in [5, 5.41) is 19.3. The minimum atomic E-state index is -1.38. The molecule has 0 aliphatic rings. The third-order valence-electron chi connectivity index (χ3n) is 1.91. The van der Waals surface area contributed by atoms with Crippen molar-refractivity contribution >= 4 is 17.8 Å². The monoisotopic (exact) mass is 247 g/mol. The average molecular weight is 247 g/mol. The van der Waals surface area contributed by atoms with Crippen molar-refractivity contribution in [3.05, 3.63) is 0 Å². The normalized spacial score (nSPS) is 11.8. The lowest BCUT2D eigenvalue weighted by Crippen LogP contribution is -2.42. The first-order valence-electron chi connectivity index (χ1n) is 5.29. The predicted octanol–water partition coefficient (Wildman–Crippen LogP) is -0.153. The van der Waals surface area contributed by atoms with Gasteiger partial charge in [0.25, 0.3) is 0 Å². The zero-order valence-corrected chi connectivity index (χ0v) is 9.64. The summed E-state index contributed by atoms with van der Waals surface area (Å²) in [6.07, 6.45) is -0.0466. The highest BCUT2D eigenvalue weighted by molar-refractivity contribution is 5.86. The van der Waals surface area contributed by atoms with Crippen molar-refractivity contribution in [3.8, 4) is 0 Å². The van der Waals surface area contributed by atoms with E-state index >= 15 is 0 Å². The van der Waals surface area contributed by atoms with Crippen LogP contribution in [-0.2, 0) is 19.1 Å². The molecule has 0 aromatic carbocycles. The van der Waals surface area contributed by atoms with E-state index in [-0.39, 0.29) is 6.42 Å². The van der Waals surface area contributed by atoms with Crippen LogP contribution in [0.1, 0.15) is 26.2 Å². The summed E-state index contributed by atoms with van der Waals surface area (Å²) in [7, 11) is 0. The average Bonchev–Trinajstić information content (AvgIpc) is 2.22. The smallest absolute Gasteiger partial charge is 0.326 e. The summed E-state index contributed by atoms with van der Waals surface area (Å²) in [5.41, 5.74) is 0. The van der Waals surface area contributed by atoms with E-state index < -0.39 is 30.3 Å². The van der Waals surface area contributed by atoms with Crippen LogP contribution in [0.15, 0.2) is 0 Å². The van der Waals surface area contributed by atoms with Gasteiger partial charge < -0.3 is 20.3 Å². The van der Waals surface area contributed by atoms with E-state index in [1.165, 1.54) is 0 Å². The molecule has 3 N–H and O–H groups in total. The van der Waals surface area contributed by atoms with Gasteiger partial charge in [-0.1, -0.05) is 0 Å². The summed E-state index contributed by atoms with van der Waals surface area (Å²) in [4.78, 5) is 32.3. The number of aliphatic carboxylic acids is 2. The number of ether oxygens (including phenoxy) is 1. The van der Waals surface area contributed by atoms with Crippen LogP contribution < -0.4 is 5.32 Å². The maximum Gasteiger partial charge on any atom is 0.326 e. The fourth-order valence-corrected chi connectivity index (χ4v) is 1.12. The van der Waals surface area contributed by atoms with E-state index in [0.29, 0.717) is 19.6 Å². The molecule has 0 bridgehead atoms. The van der Waals surface area contributed by atoms with Crippen LogP contribution in [0.3, 0.4) is 0 Å². The van der Waals surface area contributed by atoms with Gasteiger partial charge in [-0.2, -0.15) is 0 Å². The van der Waals surface area contributed by atoms with E-state index in [0.717, 1.165) is 0 Å². The van der Waals surface area contributed by atoms with Gasteiger partial charge >= 0.3 is 11.9 Å². The molecule has 0 saturated carbocycles. The molecule has 0 spiro atoms. The Morgan fingerprint density at radius 2 is 1.94 bits per heavy atom. The topological polar surface area (TPSA) is 113 Å². The number of hydrogen-bond acceptors (Lipinski definition) is 4. The summed E-state index contributed by atoms with van der Waals surface area (Å²) in [6, 6.07) is -1.38. The Balaban J connectivity index is 3.96. The van der Waals surface area contributed by atoms with Crippen LogP contribution in [0.4, 0.5) is 0 Å². The van der Waals surface area contributed by atoms with E-state index in [2.05, 4.69) is 5.32 Å². The molecule has 7 heteroatoms. The summed E-state index contributed by atoms with van der Waals surface area (Å²) in [5.74, 6) is -3.11. The Bertz CT molecular complexity index is 278. The highest BCUT2D eigenvalue weighted by Gasteiger charge is 2.22. The molecule has 0 aliphatic carbocycles. The van der Waals surface area contributed by atoms with Gasteiger partial charge in [0.05, 0.1) is 6.42 Å². The largest absolute Gasteiger partial charge is 0.481 e. The molecule has 1 atom stereocenters. The molecule has 0 heterocycles. The molecule has 0 aliphatic heterocycles. The molecule has 0 aromatic heterocycles. The summed E-state index contributed by atoms with van der Waals surface area (Å²) >= 11 is 0. The highest BCUT2D eigenvalue weighted by Crippen LogP contribution is 1.96. The summed E-state index contributed by atoms with van der Waals surface area (Å²) in [6.45, 7) is 2.80.